The van der Waals surface area contributed by atoms with Crippen molar-refractivity contribution in [1.82, 2.24) is 0 Å². The van der Waals surface area contributed by atoms with Crippen LogP contribution in [0.15, 0.2) is 12.1 Å². The summed E-state index contributed by atoms with van der Waals surface area (Å²) in [6.45, 7) is 2.17. The predicted molar refractivity (Wildman–Crippen MR) is 106 cm³/mol. The zero-order chi connectivity index (χ0) is 20.1. The standard InChI is InChI=1S/C21H29NO5S/c1-3-21-10-9-14-15(17(21)5-4-6-20(21)23)8-7-13-11-19(27-28(22,24)25)18(26-2)12-16(13)14/h11-12,14-15,17H,3-10H2,1-2H3,(H2,22,24,25)/t14-,15+,17-,21-/m0/s1. The molecule has 6 nitrogen and oxygen atoms in total. The number of nitrogens with two attached hydrogens (primary N) is 1. The SMILES string of the molecule is CC[C@]12CC[C@@H]3c4cc(OC)c(OS(N)(=O)=O)cc4CC[C@H]3[C@@H]1CCCC2=O. The summed E-state index contributed by atoms with van der Waals surface area (Å²) in [6.07, 6.45) is 7.64. The van der Waals surface area contributed by atoms with Gasteiger partial charge in [-0.25, -0.2) is 0 Å². The summed E-state index contributed by atoms with van der Waals surface area (Å²) >= 11 is 0. The monoisotopic (exact) mass is 407 g/mol. The van der Waals surface area contributed by atoms with E-state index in [1.165, 1.54) is 12.7 Å². The van der Waals surface area contributed by atoms with E-state index in [-0.39, 0.29) is 11.2 Å². The van der Waals surface area contributed by atoms with Crippen LogP contribution in [0.5, 0.6) is 11.5 Å². The molecule has 4 rings (SSSR count). The second-order valence-corrected chi connectivity index (χ2v) is 9.71. The van der Waals surface area contributed by atoms with Crippen LogP contribution in [0.1, 0.15) is 68.9 Å². The minimum atomic E-state index is -4.11. The Labute approximate surface area is 167 Å². The Kier molecular flexibility index (Phi) is 4.94. The third kappa shape index (κ3) is 3.12. The first-order chi connectivity index (χ1) is 13.3. The van der Waals surface area contributed by atoms with E-state index in [0.29, 0.717) is 29.3 Å². The molecule has 0 amide bonds. The molecule has 0 aliphatic heterocycles. The van der Waals surface area contributed by atoms with Gasteiger partial charge in [0, 0.05) is 11.8 Å². The van der Waals surface area contributed by atoms with Crippen LogP contribution in [0.3, 0.4) is 0 Å². The van der Waals surface area contributed by atoms with Gasteiger partial charge in [0.2, 0.25) is 0 Å². The number of fused-ring (bicyclic) bond motifs is 5. The van der Waals surface area contributed by atoms with Gasteiger partial charge in [-0.05, 0) is 86.0 Å². The van der Waals surface area contributed by atoms with E-state index in [9.17, 15) is 13.2 Å². The first-order valence-corrected chi connectivity index (χ1v) is 11.7. The van der Waals surface area contributed by atoms with Gasteiger partial charge in [0.15, 0.2) is 11.5 Å². The Morgan fingerprint density at radius 2 is 1.96 bits per heavy atom. The molecule has 2 fully saturated rings. The van der Waals surface area contributed by atoms with Crippen LogP contribution < -0.4 is 14.1 Å². The number of carbonyl (C=O) groups is 1. The van der Waals surface area contributed by atoms with Crippen LogP contribution in [0.4, 0.5) is 0 Å². The van der Waals surface area contributed by atoms with Crippen molar-refractivity contribution >= 4 is 16.1 Å². The number of methoxy groups -OCH3 is 1. The lowest BCUT2D eigenvalue weighted by atomic mass is 9.49. The van der Waals surface area contributed by atoms with E-state index in [1.807, 2.05) is 6.07 Å². The number of ether oxygens (including phenoxy) is 1. The van der Waals surface area contributed by atoms with Gasteiger partial charge < -0.3 is 8.92 Å². The maximum absolute atomic E-state index is 12.9. The Bertz CT molecular complexity index is 896. The molecule has 0 heterocycles. The predicted octanol–water partition coefficient (Wildman–Crippen LogP) is 3.48. The second-order valence-electron chi connectivity index (χ2n) is 8.56. The number of Topliss-reactive ketones (excluding diaryl/α,β-unsaturated/α-hetero) is 1. The Morgan fingerprint density at radius 3 is 2.64 bits per heavy atom. The van der Waals surface area contributed by atoms with Crippen LogP contribution in [0.2, 0.25) is 0 Å². The normalized spacial score (nSPS) is 32.1. The highest BCUT2D eigenvalue weighted by atomic mass is 32.2. The number of benzene rings is 1. The van der Waals surface area contributed by atoms with E-state index in [0.717, 1.165) is 56.9 Å². The number of aryl methyl sites for hydroxylation is 1. The van der Waals surface area contributed by atoms with Gasteiger partial charge in [-0.15, -0.1) is 0 Å². The van der Waals surface area contributed by atoms with E-state index in [2.05, 4.69) is 6.92 Å². The largest absolute Gasteiger partial charge is 0.493 e. The Morgan fingerprint density at radius 1 is 1.18 bits per heavy atom. The van der Waals surface area contributed by atoms with Gasteiger partial charge in [0.25, 0.3) is 0 Å². The van der Waals surface area contributed by atoms with Crippen molar-refractivity contribution in [3.63, 3.8) is 0 Å². The van der Waals surface area contributed by atoms with E-state index < -0.39 is 10.3 Å². The second kappa shape index (κ2) is 7.02. The van der Waals surface area contributed by atoms with E-state index in [1.54, 1.807) is 6.07 Å². The van der Waals surface area contributed by atoms with Crippen molar-refractivity contribution in [3.05, 3.63) is 23.3 Å². The highest BCUT2D eigenvalue weighted by Gasteiger charge is 2.54. The van der Waals surface area contributed by atoms with Crippen LogP contribution in [0.25, 0.3) is 0 Å². The molecule has 2 saturated carbocycles. The molecule has 3 aliphatic carbocycles. The summed E-state index contributed by atoms with van der Waals surface area (Å²) in [5.74, 6) is 2.35. The van der Waals surface area contributed by atoms with Crippen LogP contribution in [-0.4, -0.2) is 21.3 Å². The average molecular weight is 408 g/mol. The van der Waals surface area contributed by atoms with Gasteiger partial charge in [-0.3, -0.25) is 4.79 Å². The molecule has 7 heteroatoms. The molecule has 0 saturated heterocycles. The average Bonchev–Trinajstić information content (AvgIpc) is 2.66. The van der Waals surface area contributed by atoms with Crippen LogP contribution in [0, 0.1) is 17.3 Å². The summed E-state index contributed by atoms with van der Waals surface area (Å²) in [5, 5.41) is 5.05. The molecular weight excluding hydrogens is 378 g/mol. The number of rotatable bonds is 4. The van der Waals surface area contributed by atoms with Crippen molar-refractivity contribution in [2.75, 3.05) is 7.11 Å². The Hall–Kier alpha value is -1.60. The molecule has 1 aromatic rings. The smallest absolute Gasteiger partial charge is 0.380 e. The summed E-state index contributed by atoms with van der Waals surface area (Å²) < 4.78 is 33.1. The van der Waals surface area contributed by atoms with Gasteiger partial charge in [-0.2, -0.15) is 13.6 Å². The fraction of sp³-hybridized carbons (Fsp3) is 0.667. The van der Waals surface area contributed by atoms with Gasteiger partial charge in [-0.1, -0.05) is 6.92 Å². The maximum atomic E-state index is 12.9. The fourth-order valence-corrected chi connectivity index (χ4v) is 6.73. The molecule has 154 valence electrons. The van der Waals surface area contributed by atoms with Crippen molar-refractivity contribution in [2.45, 2.75) is 64.2 Å². The lowest BCUT2D eigenvalue weighted by Crippen LogP contribution is -2.50. The Balaban J connectivity index is 1.72. The molecule has 4 atom stereocenters. The topological polar surface area (TPSA) is 95.7 Å². The summed E-state index contributed by atoms with van der Waals surface area (Å²) in [6, 6.07) is 3.69. The number of ketones is 1. The number of carbonyl (C=O) groups excluding carboxylic acids is 1. The summed E-state index contributed by atoms with van der Waals surface area (Å²) in [7, 11) is -2.61. The van der Waals surface area contributed by atoms with Gasteiger partial charge in [0.05, 0.1) is 7.11 Å². The minimum Gasteiger partial charge on any atom is -0.493 e. The molecule has 0 radical (unpaired) electrons. The first kappa shape index (κ1) is 19.7. The number of hydrogen-bond acceptors (Lipinski definition) is 5. The zero-order valence-electron chi connectivity index (χ0n) is 16.6. The fourth-order valence-electron chi connectivity index (χ4n) is 6.35. The number of hydrogen-bond donors (Lipinski definition) is 1. The lowest BCUT2D eigenvalue weighted by molar-refractivity contribution is -0.142. The maximum Gasteiger partial charge on any atom is 0.380 e. The van der Waals surface area contributed by atoms with Gasteiger partial charge >= 0.3 is 10.3 Å². The first-order valence-electron chi connectivity index (χ1n) is 10.3. The van der Waals surface area contributed by atoms with Crippen molar-refractivity contribution in [1.29, 1.82) is 0 Å². The molecule has 2 N–H and O–H groups in total. The molecular formula is C21H29NO5S. The third-order valence-corrected chi connectivity index (χ3v) is 7.94. The van der Waals surface area contributed by atoms with E-state index in [4.69, 9.17) is 14.1 Å². The third-order valence-electron chi connectivity index (χ3n) is 7.53. The molecule has 0 aromatic heterocycles. The summed E-state index contributed by atoms with van der Waals surface area (Å²) in [4.78, 5) is 12.9. The summed E-state index contributed by atoms with van der Waals surface area (Å²) in [5.41, 5.74) is 2.20. The van der Waals surface area contributed by atoms with Gasteiger partial charge in [0.1, 0.15) is 5.78 Å². The minimum absolute atomic E-state index is 0.127. The van der Waals surface area contributed by atoms with Crippen LogP contribution >= 0.6 is 0 Å². The molecule has 0 bridgehead atoms. The lowest BCUT2D eigenvalue weighted by Gasteiger charge is -2.54. The highest BCUT2D eigenvalue weighted by molar-refractivity contribution is 7.84. The van der Waals surface area contributed by atoms with Crippen LogP contribution in [-0.2, 0) is 21.5 Å². The highest BCUT2D eigenvalue weighted by Crippen LogP contribution is 2.60. The molecule has 1 aromatic carbocycles. The quantitative estimate of drug-likeness (QED) is 0.824. The molecule has 0 spiro atoms. The molecule has 28 heavy (non-hydrogen) atoms. The molecule has 3 aliphatic rings. The van der Waals surface area contributed by atoms with Crippen molar-refractivity contribution in [3.8, 4) is 11.5 Å². The van der Waals surface area contributed by atoms with E-state index >= 15 is 0 Å². The molecule has 0 unspecified atom stereocenters. The zero-order valence-corrected chi connectivity index (χ0v) is 17.4. The van der Waals surface area contributed by atoms with Crippen molar-refractivity contribution in [2.24, 2.45) is 22.4 Å². The van der Waals surface area contributed by atoms with Crippen molar-refractivity contribution < 1.29 is 22.1 Å².